The van der Waals surface area contributed by atoms with E-state index in [1.165, 1.54) is 6.42 Å². The van der Waals surface area contributed by atoms with Crippen LogP contribution in [-0.4, -0.2) is 49.9 Å². The molecule has 0 aromatic heterocycles. The molecule has 0 amide bonds. The minimum atomic E-state index is -3.91. The average Bonchev–Trinajstić information content (AvgIpc) is 2.76. The monoisotopic (exact) mass is 488 g/mol. The first-order chi connectivity index (χ1) is 16.2. The molecule has 184 valence electrons. The summed E-state index contributed by atoms with van der Waals surface area (Å²) in [5, 5.41) is 0.917. The normalized spacial score (nSPS) is 14.7. The summed E-state index contributed by atoms with van der Waals surface area (Å²) in [6, 6.07) is 7.93. The maximum absolute atomic E-state index is 10.9. The van der Waals surface area contributed by atoms with Crippen LogP contribution in [-0.2, 0) is 10.1 Å². The molecular formula is C25H34N3O5S+. The van der Waals surface area contributed by atoms with E-state index in [0.717, 1.165) is 53.1 Å². The Balaban J connectivity index is 1.61. The number of aromatic nitrogens is 1. The van der Waals surface area contributed by atoms with Crippen LogP contribution >= 0.6 is 0 Å². The van der Waals surface area contributed by atoms with Gasteiger partial charge in [0.2, 0.25) is 5.36 Å². The summed E-state index contributed by atoms with van der Waals surface area (Å²) in [6.07, 6.45) is 3.36. The van der Waals surface area contributed by atoms with E-state index < -0.39 is 10.1 Å². The lowest BCUT2D eigenvalue weighted by atomic mass is 10.1. The number of ether oxygens (including phenoxy) is 1. The van der Waals surface area contributed by atoms with Gasteiger partial charge in [-0.1, -0.05) is 13.8 Å². The van der Waals surface area contributed by atoms with Crippen molar-refractivity contribution in [2.24, 2.45) is 5.92 Å². The summed E-state index contributed by atoms with van der Waals surface area (Å²) in [4.78, 5) is 10.5. The zero-order chi connectivity index (χ0) is 24.3. The standard InChI is InChI=1S/C25H33N3O5S/c1-17(2)7-6-9-28-10-11-32-25-15-21-24(16-22(25)28)33-23-14-19(18(3)13-20(23)27-21)26-8-4-5-12-34(29,30)31/h13-17H,4-12H2,1-3H3,(H,29,30,31)/p+1. The van der Waals surface area contributed by atoms with Gasteiger partial charge in [-0.3, -0.25) is 4.55 Å². The van der Waals surface area contributed by atoms with Crippen molar-refractivity contribution >= 4 is 26.9 Å². The van der Waals surface area contributed by atoms with E-state index in [2.05, 4.69) is 23.7 Å². The zero-order valence-corrected chi connectivity index (χ0v) is 21.0. The van der Waals surface area contributed by atoms with Crippen LogP contribution in [0.25, 0.3) is 22.6 Å². The summed E-state index contributed by atoms with van der Waals surface area (Å²) in [7, 11) is -3.91. The highest BCUT2D eigenvalue weighted by molar-refractivity contribution is 7.85. The first-order valence-electron chi connectivity index (χ1n) is 12.0. The minimum Gasteiger partial charge on any atom is -0.489 e. The molecule has 1 aromatic rings. The molecule has 9 heteroatoms. The Morgan fingerprint density at radius 1 is 1.18 bits per heavy atom. The number of nitrogens with zero attached hydrogens (tertiary/aromatic N) is 2. The van der Waals surface area contributed by atoms with Crippen LogP contribution in [0.5, 0.6) is 5.75 Å². The van der Waals surface area contributed by atoms with Crippen molar-refractivity contribution in [3.8, 4) is 17.2 Å². The molecule has 0 atom stereocenters. The number of aryl methyl sites for hydroxylation is 1. The fourth-order valence-electron chi connectivity index (χ4n) is 4.29. The number of unbranched alkanes of at least 4 members (excludes halogenated alkanes) is 1. The van der Waals surface area contributed by atoms with Crippen LogP contribution in [0.4, 0.5) is 5.69 Å². The first kappa shape index (κ1) is 24.5. The molecule has 2 N–H and O–H groups in total. The number of fused-ring (bicyclic) bond motifs is 3. The van der Waals surface area contributed by atoms with Gasteiger partial charge in [0.25, 0.3) is 10.1 Å². The van der Waals surface area contributed by atoms with E-state index >= 15 is 0 Å². The van der Waals surface area contributed by atoms with E-state index in [-0.39, 0.29) is 5.75 Å². The number of nitrogens with one attached hydrogen (secondary N) is 1. The fourth-order valence-corrected chi connectivity index (χ4v) is 4.86. The first-order valence-corrected chi connectivity index (χ1v) is 13.6. The third-order valence-electron chi connectivity index (χ3n) is 6.12. The van der Waals surface area contributed by atoms with Crippen molar-refractivity contribution in [2.75, 3.05) is 36.9 Å². The zero-order valence-electron chi connectivity index (χ0n) is 20.1. The van der Waals surface area contributed by atoms with Crippen molar-refractivity contribution in [1.29, 1.82) is 0 Å². The van der Waals surface area contributed by atoms with Gasteiger partial charge < -0.3 is 14.1 Å². The Labute approximate surface area is 200 Å². The molecular weight excluding hydrogens is 454 g/mol. The molecule has 0 spiro atoms. The van der Waals surface area contributed by atoms with Crippen LogP contribution < -0.4 is 20.0 Å². The lowest BCUT2D eigenvalue weighted by molar-refractivity contribution is -0.501. The molecule has 3 aliphatic rings. The van der Waals surface area contributed by atoms with Crippen LogP contribution in [0.3, 0.4) is 0 Å². The quantitative estimate of drug-likeness (QED) is 0.271. The van der Waals surface area contributed by atoms with Crippen molar-refractivity contribution in [2.45, 2.75) is 46.5 Å². The van der Waals surface area contributed by atoms with Gasteiger partial charge in [0.1, 0.15) is 30.1 Å². The molecule has 0 saturated carbocycles. The van der Waals surface area contributed by atoms with Crippen molar-refractivity contribution < 1.29 is 27.1 Å². The molecule has 2 aliphatic heterocycles. The molecule has 34 heavy (non-hydrogen) atoms. The van der Waals surface area contributed by atoms with Crippen LogP contribution in [0.15, 0.2) is 28.7 Å². The van der Waals surface area contributed by atoms with Gasteiger partial charge in [-0.15, -0.1) is 0 Å². The number of benzene rings is 2. The van der Waals surface area contributed by atoms with Crippen LogP contribution in [0, 0.1) is 12.8 Å². The molecule has 8 nitrogen and oxygen atoms in total. The molecule has 1 aromatic carbocycles. The lowest BCUT2D eigenvalue weighted by Gasteiger charge is -2.31. The number of hydrogen-bond acceptors (Lipinski definition) is 6. The predicted molar refractivity (Wildman–Crippen MR) is 132 cm³/mol. The van der Waals surface area contributed by atoms with Gasteiger partial charge in [0, 0.05) is 30.7 Å². The topological polar surface area (TPSA) is 107 Å². The summed E-state index contributed by atoms with van der Waals surface area (Å²) in [5.74, 6) is 2.00. The second-order valence-corrected chi connectivity index (χ2v) is 11.0. The third-order valence-corrected chi connectivity index (χ3v) is 6.93. The van der Waals surface area contributed by atoms with Crippen molar-refractivity contribution in [3.05, 3.63) is 35.2 Å². The van der Waals surface area contributed by atoms with Gasteiger partial charge in [-0.25, -0.2) is 9.98 Å². The maximum atomic E-state index is 10.9. The third kappa shape index (κ3) is 6.07. The van der Waals surface area contributed by atoms with E-state index in [0.29, 0.717) is 43.3 Å². The molecule has 1 aliphatic carbocycles. The molecule has 0 saturated heterocycles. The summed E-state index contributed by atoms with van der Waals surface area (Å²) >= 11 is 0. The number of hydrogen-bond donors (Lipinski definition) is 2. The van der Waals surface area contributed by atoms with Gasteiger partial charge >= 0.3 is 0 Å². The smallest absolute Gasteiger partial charge is 0.264 e. The fraction of sp³-hybridized carbons (Fsp3) is 0.520. The lowest BCUT2D eigenvalue weighted by Crippen LogP contribution is -2.77. The summed E-state index contributed by atoms with van der Waals surface area (Å²) < 4.78 is 42.8. The van der Waals surface area contributed by atoms with Crippen LogP contribution in [0.2, 0.25) is 0 Å². The Hall–Kier alpha value is -2.65. The van der Waals surface area contributed by atoms with Gasteiger partial charge in [-0.05, 0) is 38.2 Å². The Bertz CT molecular complexity index is 1300. The Morgan fingerprint density at radius 2 is 2.00 bits per heavy atom. The van der Waals surface area contributed by atoms with E-state index in [4.69, 9.17) is 18.7 Å². The highest BCUT2D eigenvalue weighted by atomic mass is 32.2. The highest BCUT2D eigenvalue weighted by Crippen LogP contribution is 2.37. The number of rotatable bonds is 9. The van der Waals surface area contributed by atoms with Gasteiger partial charge in [-0.2, -0.15) is 8.42 Å². The Morgan fingerprint density at radius 3 is 2.76 bits per heavy atom. The highest BCUT2D eigenvalue weighted by Gasteiger charge is 2.21. The summed E-state index contributed by atoms with van der Waals surface area (Å²) in [6.45, 7) is 9.62. The molecule has 2 heterocycles. The molecule has 0 fully saturated rings. The van der Waals surface area contributed by atoms with Gasteiger partial charge in [0.05, 0.1) is 24.1 Å². The average molecular weight is 489 g/mol. The molecule has 0 bridgehead atoms. The maximum Gasteiger partial charge on any atom is 0.264 e. The SMILES string of the molecule is Cc1cc2nc3cc4c(cc3oc-2cc1=[NH+]CCCCS(=O)(=O)O)N(CCCC(C)C)CCO4. The van der Waals surface area contributed by atoms with Crippen molar-refractivity contribution in [1.82, 2.24) is 4.98 Å². The van der Waals surface area contributed by atoms with E-state index in [1.807, 2.05) is 31.2 Å². The predicted octanol–water partition coefficient (Wildman–Crippen LogP) is 2.53. The second kappa shape index (κ2) is 10.3. The van der Waals surface area contributed by atoms with Crippen molar-refractivity contribution in [3.63, 3.8) is 0 Å². The minimum absolute atomic E-state index is 0.223. The van der Waals surface area contributed by atoms with E-state index in [9.17, 15) is 8.42 Å². The number of anilines is 1. The largest absolute Gasteiger partial charge is 0.489 e. The summed E-state index contributed by atoms with van der Waals surface area (Å²) in [5.41, 5.74) is 4.33. The molecule has 0 unspecified atom stereocenters. The van der Waals surface area contributed by atoms with E-state index in [1.54, 1.807) is 0 Å². The second-order valence-electron chi connectivity index (χ2n) is 9.43. The molecule has 0 radical (unpaired) electrons. The van der Waals surface area contributed by atoms with Crippen LogP contribution in [0.1, 0.15) is 45.1 Å². The Kier molecular flexibility index (Phi) is 7.42. The molecule has 4 rings (SSSR count). The van der Waals surface area contributed by atoms with Gasteiger partial charge in [0.15, 0.2) is 11.3 Å².